The molecular formula is C26H18F2N8. The summed E-state index contributed by atoms with van der Waals surface area (Å²) in [7, 11) is 1.87. The first-order valence-electron chi connectivity index (χ1n) is 11.0. The Morgan fingerprint density at radius 1 is 0.889 bits per heavy atom. The number of hydrogen-bond donors (Lipinski definition) is 1. The van der Waals surface area contributed by atoms with Crippen molar-refractivity contribution in [2.24, 2.45) is 7.05 Å². The molecule has 0 atom stereocenters. The molecule has 0 aliphatic heterocycles. The Balaban J connectivity index is 1.48. The van der Waals surface area contributed by atoms with Gasteiger partial charge in [0.2, 0.25) is 0 Å². The van der Waals surface area contributed by atoms with Crippen LogP contribution in [0.15, 0.2) is 85.6 Å². The van der Waals surface area contributed by atoms with Crippen LogP contribution in [0.1, 0.15) is 0 Å². The van der Waals surface area contributed by atoms with Gasteiger partial charge in [-0.1, -0.05) is 6.07 Å². The fourth-order valence-corrected chi connectivity index (χ4v) is 4.03. The molecular weight excluding hydrogens is 462 g/mol. The third-order valence-corrected chi connectivity index (χ3v) is 5.71. The van der Waals surface area contributed by atoms with E-state index >= 15 is 0 Å². The van der Waals surface area contributed by atoms with Gasteiger partial charge in [-0.25, -0.2) is 18.7 Å². The van der Waals surface area contributed by atoms with Crippen LogP contribution in [0.5, 0.6) is 0 Å². The van der Waals surface area contributed by atoms with Crippen molar-refractivity contribution in [2.75, 3.05) is 5.32 Å². The largest absolute Gasteiger partial charge is 0.323 e. The third-order valence-electron chi connectivity index (χ3n) is 5.71. The lowest BCUT2D eigenvalue weighted by Crippen LogP contribution is -2.03. The SMILES string of the molecule is Cn1cc(-c2ccc3c(c2)ncn3-c2cc(-c3ccc(F)cc3F)cc(Nc3cccnn3)n2)cn1. The topological polar surface area (TPSA) is 86.3 Å². The zero-order chi connectivity index (χ0) is 24.6. The van der Waals surface area contributed by atoms with Crippen LogP contribution < -0.4 is 5.32 Å². The van der Waals surface area contributed by atoms with Crippen molar-refractivity contribution in [2.45, 2.75) is 0 Å². The molecule has 0 radical (unpaired) electrons. The van der Waals surface area contributed by atoms with Crippen molar-refractivity contribution in [3.05, 3.63) is 97.2 Å². The van der Waals surface area contributed by atoms with Crippen LogP contribution in [0, 0.1) is 11.6 Å². The highest BCUT2D eigenvalue weighted by atomic mass is 19.1. The molecule has 0 saturated carbocycles. The van der Waals surface area contributed by atoms with Crippen LogP contribution in [0.4, 0.5) is 20.4 Å². The third kappa shape index (κ3) is 4.05. The first-order valence-corrected chi connectivity index (χ1v) is 11.0. The zero-order valence-corrected chi connectivity index (χ0v) is 19.0. The van der Waals surface area contributed by atoms with Crippen LogP contribution in [0.25, 0.3) is 39.1 Å². The molecule has 0 spiro atoms. The minimum Gasteiger partial charge on any atom is -0.323 e. The highest BCUT2D eigenvalue weighted by Gasteiger charge is 2.14. The van der Waals surface area contributed by atoms with Gasteiger partial charge < -0.3 is 5.32 Å². The van der Waals surface area contributed by atoms with E-state index in [4.69, 9.17) is 4.98 Å². The number of hydrogen-bond acceptors (Lipinski definition) is 6. The second-order valence-electron chi connectivity index (χ2n) is 8.18. The molecule has 6 rings (SSSR count). The number of halogens is 2. The predicted octanol–water partition coefficient (Wildman–Crippen LogP) is 5.30. The second-order valence-corrected chi connectivity index (χ2v) is 8.18. The minimum absolute atomic E-state index is 0.241. The number of anilines is 2. The van der Waals surface area contributed by atoms with E-state index in [0.29, 0.717) is 23.0 Å². The lowest BCUT2D eigenvalue weighted by Gasteiger charge is -2.12. The van der Waals surface area contributed by atoms with Gasteiger partial charge in [0.05, 0.1) is 17.2 Å². The fraction of sp³-hybridized carbons (Fsp3) is 0.0385. The van der Waals surface area contributed by atoms with Crippen molar-refractivity contribution < 1.29 is 8.78 Å². The summed E-state index contributed by atoms with van der Waals surface area (Å²) in [5.74, 6) is 0.0757. The summed E-state index contributed by atoms with van der Waals surface area (Å²) in [6, 6.07) is 16.3. The molecule has 0 fully saturated rings. The summed E-state index contributed by atoms with van der Waals surface area (Å²) in [5, 5.41) is 15.2. The van der Waals surface area contributed by atoms with Gasteiger partial charge in [-0.15, -0.1) is 5.10 Å². The number of benzene rings is 2. The van der Waals surface area contributed by atoms with Gasteiger partial charge in [-0.05, 0) is 59.7 Å². The van der Waals surface area contributed by atoms with Gasteiger partial charge in [0.25, 0.3) is 0 Å². The highest BCUT2D eigenvalue weighted by Crippen LogP contribution is 2.30. The number of imidazole rings is 1. The first-order chi connectivity index (χ1) is 17.5. The van der Waals surface area contributed by atoms with Gasteiger partial charge in [0.1, 0.15) is 29.6 Å². The van der Waals surface area contributed by atoms with E-state index in [9.17, 15) is 8.78 Å². The maximum absolute atomic E-state index is 14.7. The lowest BCUT2D eigenvalue weighted by atomic mass is 10.1. The average molecular weight is 480 g/mol. The van der Waals surface area contributed by atoms with Crippen molar-refractivity contribution in [3.63, 3.8) is 0 Å². The molecule has 176 valence electrons. The van der Waals surface area contributed by atoms with Gasteiger partial charge in [0.15, 0.2) is 5.82 Å². The van der Waals surface area contributed by atoms with Crippen LogP contribution in [-0.4, -0.2) is 34.5 Å². The van der Waals surface area contributed by atoms with Crippen molar-refractivity contribution >= 4 is 22.7 Å². The van der Waals surface area contributed by atoms with Gasteiger partial charge >= 0.3 is 0 Å². The zero-order valence-electron chi connectivity index (χ0n) is 19.0. The summed E-state index contributed by atoms with van der Waals surface area (Å²) >= 11 is 0. The molecule has 4 heterocycles. The molecule has 36 heavy (non-hydrogen) atoms. The molecule has 10 heteroatoms. The van der Waals surface area contributed by atoms with Crippen LogP contribution in [0.3, 0.4) is 0 Å². The minimum atomic E-state index is -0.672. The second kappa shape index (κ2) is 8.66. The van der Waals surface area contributed by atoms with E-state index in [1.54, 1.807) is 47.7 Å². The summed E-state index contributed by atoms with van der Waals surface area (Å²) in [5.41, 5.74) is 4.30. The number of aromatic nitrogens is 7. The Bertz CT molecular complexity index is 1710. The van der Waals surface area contributed by atoms with Crippen molar-refractivity contribution in [1.29, 1.82) is 0 Å². The summed E-state index contributed by atoms with van der Waals surface area (Å²) in [6.45, 7) is 0. The Kier molecular flexibility index (Phi) is 5.18. The molecule has 2 aromatic carbocycles. The normalized spacial score (nSPS) is 11.2. The van der Waals surface area contributed by atoms with E-state index in [-0.39, 0.29) is 5.56 Å². The van der Waals surface area contributed by atoms with Gasteiger partial charge in [0, 0.05) is 36.6 Å². The molecule has 6 aromatic rings. The Labute approximate surface area is 203 Å². The number of pyridine rings is 1. The maximum Gasteiger partial charge on any atom is 0.154 e. The van der Waals surface area contributed by atoms with E-state index in [1.807, 2.05) is 36.0 Å². The summed E-state index contributed by atoms with van der Waals surface area (Å²) < 4.78 is 31.8. The molecule has 8 nitrogen and oxygen atoms in total. The van der Waals surface area contributed by atoms with Crippen LogP contribution in [-0.2, 0) is 7.05 Å². The molecule has 0 saturated heterocycles. The number of aryl methyl sites for hydroxylation is 1. The van der Waals surface area contributed by atoms with Gasteiger partial charge in [-0.2, -0.15) is 10.2 Å². The maximum atomic E-state index is 14.7. The lowest BCUT2D eigenvalue weighted by molar-refractivity contribution is 0.585. The Morgan fingerprint density at radius 3 is 2.58 bits per heavy atom. The molecule has 0 amide bonds. The fourth-order valence-electron chi connectivity index (χ4n) is 4.03. The van der Waals surface area contributed by atoms with Crippen molar-refractivity contribution in [1.82, 2.24) is 34.5 Å². The van der Waals surface area contributed by atoms with Gasteiger partial charge in [-0.3, -0.25) is 9.25 Å². The standard InChI is InChI=1S/C26H18F2N8/c1-35-14-18(13-31-35)16-4-7-23-22(9-16)29-15-36(23)26-11-17(20-6-5-19(27)12-21(20)28)10-25(33-26)32-24-3-2-8-30-34-24/h2-15H,1H3,(H,32,33,34). The Morgan fingerprint density at radius 2 is 1.81 bits per heavy atom. The molecule has 0 aliphatic carbocycles. The van der Waals surface area contributed by atoms with Crippen LogP contribution in [0.2, 0.25) is 0 Å². The Hall–Kier alpha value is -4.99. The van der Waals surface area contributed by atoms with E-state index < -0.39 is 11.6 Å². The monoisotopic (exact) mass is 480 g/mol. The average Bonchev–Trinajstić information content (AvgIpc) is 3.50. The van der Waals surface area contributed by atoms with Crippen molar-refractivity contribution in [3.8, 4) is 28.1 Å². The number of rotatable bonds is 5. The molecule has 0 bridgehead atoms. The smallest absolute Gasteiger partial charge is 0.154 e. The molecule has 4 aromatic heterocycles. The highest BCUT2D eigenvalue weighted by molar-refractivity contribution is 5.83. The number of fused-ring (bicyclic) bond motifs is 1. The summed E-state index contributed by atoms with van der Waals surface area (Å²) in [4.78, 5) is 9.27. The number of nitrogens with one attached hydrogen (secondary N) is 1. The van der Waals surface area contributed by atoms with E-state index in [2.05, 4.69) is 25.6 Å². The summed E-state index contributed by atoms with van der Waals surface area (Å²) in [6.07, 6.45) is 6.96. The van der Waals surface area contributed by atoms with Crippen LogP contribution >= 0.6 is 0 Å². The molecule has 0 unspecified atom stereocenters. The predicted molar refractivity (Wildman–Crippen MR) is 132 cm³/mol. The van der Waals surface area contributed by atoms with E-state index in [1.165, 1.54) is 12.1 Å². The first kappa shape index (κ1) is 21.5. The van der Waals surface area contributed by atoms with E-state index in [0.717, 1.165) is 28.2 Å². The molecule has 0 aliphatic rings. The quantitative estimate of drug-likeness (QED) is 0.360. The molecule has 1 N–H and O–H groups in total. The number of nitrogens with zero attached hydrogens (tertiary/aromatic N) is 7.